The predicted octanol–water partition coefficient (Wildman–Crippen LogP) is 3.14. The van der Waals surface area contributed by atoms with Gasteiger partial charge in [0.05, 0.1) is 6.21 Å². The van der Waals surface area contributed by atoms with Crippen LogP contribution in [-0.4, -0.2) is 29.3 Å². The number of aryl methyl sites for hydroxylation is 2. The lowest BCUT2D eigenvalue weighted by atomic mass is 10.2. The maximum Gasteiger partial charge on any atom is 0.243 e. The predicted molar refractivity (Wildman–Crippen MR) is 90.6 cm³/mol. The molecule has 2 aromatic rings. The summed E-state index contributed by atoms with van der Waals surface area (Å²) in [6.07, 6.45) is 4.38. The van der Waals surface area contributed by atoms with Crippen molar-refractivity contribution in [3.05, 3.63) is 47.3 Å². The summed E-state index contributed by atoms with van der Waals surface area (Å²) >= 11 is 0. The second-order valence-corrected chi connectivity index (χ2v) is 5.63. The number of hydrogen-bond acceptors (Lipinski definition) is 5. The lowest BCUT2D eigenvalue weighted by molar-refractivity contribution is 0.949. The minimum absolute atomic E-state index is 0.530. The highest BCUT2D eigenvalue weighted by Gasteiger charge is 2.11. The third-order valence-electron chi connectivity index (χ3n) is 3.72. The van der Waals surface area contributed by atoms with Crippen LogP contribution >= 0.6 is 0 Å². The molecule has 0 radical (unpaired) electrons. The van der Waals surface area contributed by atoms with Crippen LogP contribution in [-0.2, 0) is 0 Å². The van der Waals surface area contributed by atoms with Gasteiger partial charge in [0.15, 0.2) is 0 Å². The van der Waals surface area contributed by atoms with E-state index in [4.69, 9.17) is 0 Å². The lowest BCUT2D eigenvalue weighted by Gasteiger charge is -2.17. The van der Waals surface area contributed by atoms with Gasteiger partial charge in [0.25, 0.3) is 0 Å². The fraction of sp³-hybridized carbons (Fsp3) is 0.353. The normalized spacial score (nSPS) is 14.7. The molecule has 1 aliphatic rings. The molecule has 0 saturated carbocycles. The van der Waals surface area contributed by atoms with E-state index in [0.29, 0.717) is 5.95 Å². The Morgan fingerprint density at radius 3 is 2.32 bits per heavy atom. The maximum absolute atomic E-state index is 4.29. The number of nitrogens with zero attached hydrogens (tertiary/aromatic N) is 4. The lowest BCUT2D eigenvalue weighted by Crippen LogP contribution is -2.17. The summed E-state index contributed by atoms with van der Waals surface area (Å²) in [5, 5.41) is 4.21. The van der Waals surface area contributed by atoms with E-state index in [1.807, 2.05) is 19.9 Å². The Morgan fingerprint density at radius 2 is 1.68 bits per heavy atom. The Kier molecular flexibility index (Phi) is 4.32. The van der Waals surface area contributed by atoms with Gasteiger partial charge in [-0.15, -0.1) is 0 Å². The van der Waals surface area contributed by atoms with E-state index in [1.54, 1.807) is 6.21 Å². The largest absolute Gasteiger partial charge is 0.372 e. The number of rotatable bonds is 4. The average molecular weight is 295 g/mol. The molecule has 1 N–H and O–H groups in total. The number of nitrogens with one attached hydrogen (secondary N) is 1. The first kappa shape index (κ1) is 14.5. The number of hydrazone groups is 1. The first-order valence-corrected chi connectivity index (χ1v) is 7.67. The summed E-state index contributed by atoms with van der Waals surface area (Å²) in [6.45, 7) is 6.22. The molecule has 5 heteroatoms. The molecule has 3 rings (SSSR count). The summed E-state index contributed by atoms with van der Waals surface area (Å²) in [7, 11) is 0. The van der Waals surface area contributed by atoms with Gasteiger partial charge in [0.2, 0.25) is 5.95 Å². The van der Waals surface area contributed by atoms with Crippen molar-refractivity contribution in [2.45, 2.75) is 26.7 Å². The van der Waals surface area contributed by atoms with Crippen molar-refractivity contribution in [2.75, 3.05) is 23.4 Å². The van der Waals surface area contributed by atoms with Gasteiger partial charge in [-0.3, -0.25) is 0 Å². The molecule has 1 saturated heterocycles. The van der Waals surface area contributed by atoms with E-state index in [-0.39, 0.29) is 0 Å². The van der Waals surface area contributed by atoms with Crippen LogP contribution < -0.4 is 10.3 Å². The van der Waals surface area contributed by atoms with Gasteiger partial charge < -0.3 is 4.90 Å². The number of anilines is 2. The van der Waals surface area contributed by atoms with Crippen LogP contribution in [0, 0.1) is 13.8 Å². The number of benzene rings is 1. The summed E-state index contributed by atoms with van der Waals surface area (Å²) in [4.78, 5) is 11.0. The Bertz CT molecular complexity index is 637. The molecule has 0 amide bonds. The van der Waals surface area contributed by atoms with Gasteiger partial charge in [-0.25, -0.2) is 15.4 Å². The SMILES string of the molecule is Cc1cc(C)nc(N/N=C\c2ccc(N3CCCC3)cc2)n1. The molecule has 1 aromatic heterocycles. The van der Waals surface area contributed by atoms with E-state index in [2.05, 4.69) is 49.7 Å². The van der Waals surface area contributed by atoms with E-state index >= 15 is 0 Å². The van der Waals surface area contributed by atoms with Gasteiger partial charge >= 0.3 is 0 Å². The fourth-order valence-electron chi connectivity index (χ4n) is 2.69. The Hall–Kier alpha value is -2.43. The molecule has 2 heterocycles. The van der Waals surface area contributed by atoms with Crippen molar-refractivity contribution in [3.63, 3.8) is 0 Å². The summed E-state index contributed by atoms with van der Waals surface area (Å²) in [5.74, 6) is 0.530. The highest BCUT2D eigenvalue weighted by molar-refractivity contribution is 5.80. The molecule has 114 valence electrons. The third kappa shape index (κ3) is 3.61. The van der Waals surface area contributed by atoms with Crippen LogP contribution in [0.3, 0.4) is 0 Å². The molecule has 0 spiro atoms. The van der Waals surface area contributed by atoms with Crippen molar-refractivity contribution in [1.82, 2.24) is 9.97 Å². The number of aromatic nitrogens is 2. The molecule has 0 aliphatic carbocycles. The van der Waals surface area contributed by atoms with Crippen LogP contribution in [0.5, 0.6) is 0 Å². The van der Waals surface area contributed by atoms with Crippen molar-refractivity contribution in [2.24, 2.45) is 5.10 Å². The quantitative estimate of drug-likeness (QED) is 0.695. The van der Waals surface area contributed by atoms with Crippen LogP contribution in [0.1, 0.15) is 29.8 Å². The third-order valence-corrected chi connectivity index (χ3v) is 3.72. The second kappa shape index (κ2) is 6.56. The molecular formula is C17H21N5. The van der Waals surface area contributed by atoms with Crippen molar-refractivity contribution in [1.29, 1.82) is 0 Å². The zero-order valence-electron chi connectivity index (χ0n) is 13.1. The van der Waals surface area contributed by atoms with Crippen molar-refractivity contribution >= 4 is 17.9 Å². The maximum atomic E-state index is 4.29. The smallest absolute Gasteiger partial charge is 0.243 e. The van der Waals surface area contributed by atoms with Gasteiger partial charge in [-0.1, -0.05) is 12.1 Å². The number of hydrogen-bond donors (Lipinski definition) is 1. The Balaban J connectivity index is 1.62. The molecule has 0 atom stereocenters. The highest BCUT2D eigenvalue weighted by atomic mass is 15.3. The Morgan fingerprint density at radius 1 is 1.05 bits per heavy atom. The van der Waals surface area contributed by atoms with E-state index in [9.17, 15) is 0 Å². The van der Waals surface area contributed by atoms with Crippen LogP contribution in [0.15, 0.2) is 35.4 Å². The molecule has 5 nitrogen and oxygen atoms in total. The first-order chi connectivity index (χ1) is 10.7. The van der Waals surface area contributed by atoms with Gasteiger partial charge in [-0.2, -0.15) is 5.10 Å². The minimum Gasteiger partial charge on any atom is -0.372 e. The van der Waals surface area contributed by atoms with E-state index in [1.165, 1.54) is 31.6 Å². The molecule has 1 fully saturated rings. The first-order valence-electron chi connectivity index (χ1n) is 7.67. The molecular weight excluding hydrogens is 274 g/mol. The Labute approximate surface area is 131 Å². The molecule has 0 unspecified atom stereocenters. The average Bonchev–Trinajstić information content (AvgIpc) is 3.01. The van der Waals surface area contributed by atoms with Gasteiger partial charge in [-0.05, 0) is 50.5 Å². The zero-order valence-corrected chi connectivity index (χ0v) is 13.1. The van der Waals surface area contributed by atoms with Gasteiger partial charge in [0, 0.05) is 30.2 Å². The topological polar surface area (TPSA) is 53.4 Å². The van der Waals surface area contributed by atoms with Crippen LogP contribution in [0.4, 0.5) is 11.6 Å². The fourth-order valence-corrected chi connectivity index (χ4v) is 2.69. The van der Waals surface area contributed by atoms with Gasteiger partial charge in [0.1, 0.15) is 0 Å². The van der Waals surface area contributed by atoms with Crippen LogP contribution in [0.25, 0.3) is 0 Å². The van der Waals surface area contributed by atoms with E-state index < -0.39 is 0 Å². The summed E-state index contributed by atoms with van der Waals surface area (Å²) in [6, 6.07) is 10.4. The highest BCUT2D eigenvalue weighted by Crippen LogP contribution is 2.19. The van der Waals surface area contributed by atoms with E-state index in [0.717, 1.165) is 17.0 Å². The summed E-state index contributed by atoms with van der Waals surface area (Å²) in [5.41, 5.74) is 7.09. The van der Waals surface area contributed by atoms with Crippen molar-refractivity contribution < 1.29 is 0 Å². The summed E-state index contributed by atoms with van der Waals surface area (Å²) < 4.78 is 0. The van der Waals surface area contributed by atoms with Crippen molar-refractivity contribution in [3.8, 4) is 0 Å². The second-order valence-electron chi connectivity index (χ2n) is 5.63. The molecule has 0 bridgehead atoms. The molecule has 1 aromatic carbocycles. The monoisotopic (exact) mass is 295 g/mol. The van der Waals surface area contributed by atoms with Crippen LogP contribution in [0.2, 0.25) is 0 Å². The minimum atomic E-state index is 0.530. The molecule has 22 heavy (non-hydrogen) atoms. The molecule has 1 aliphatic heterocycles. The zero-order chi connectivity index (χ0) is 15.4. The standard InChI is InChI=1S/C17H21N5/c1-13-11-14(2)20-17(19-13)21-18-12-15-5-7-16(8-6-15)22-9-3-4-10-22/h5-8,11-12H,3-4,9-10H2,1-2H3,(H,19,20,21)/b18-12-.